The first-order valence-electron chi connectivity index (χ1n) is 8.56. The molecule has 10 heteroatoms. The molecule has 0 aromatic heterocycles. The Bertz CT molecular complexity index is 963. The number of carbonyl (C=O) groups is 1. The first-order chi connectivity index (χ1) is 13.7. The molecule has 0 bridgehead atoms. The maximum atomic E-state index is 13.0. The molecule has 2 aromatic rings. The third-order valence-electron chi connectivity index (χ3n) is 3.99. The summed E-state index contributed by atoms with van der Waals surface area (Å²) in [5, 5.41) is 0.0204. The summed E-state index contributed by atoms with van der Waals surface area (Å²) in [4.78, 5) is 11.8. The summed E-state index contributed by atoms with van der Waals surface area (Å²) in [5.74, 6) is 0.292. The molecule has 0 amide bonds. The van der Waals surface area contributed by atoms with Gasteiger partial charge in [0.05, 0.1) is 43.3 Å². The fraction of sp³-hybridized carbons (Fsp3) is 0.316. The Hall–Kier alpha value is -2.00. The van der Waals surface area contributed by atoms with E-state index in [0.717, 1.165) is 0 Å². The van der Waals surface area contributed by atoms with Gasteiger partial charge in [-0.3, -0.25) is 4.79 Å². The van der Waals surface area contributed by atoms with Crippen molar-refractivity contribution < 1.29 is 27.4 Å². The number of rotatable bonds is 9. The van der Waals surface area contributed by atoms with Gasteiger partial charge in [0.15, 0.2) is 0 Å². The summed E-state index contributed by atoms with van der Waals surface area (Å²) < 4.78 is 43.6. The lowest BCUT2D eigenvalue weighted by Crippen LogP contribution is -2.31. The van der Waals surface area contributed by atoms with E-state index in [1.165, 1.54) is 26.4 Å². The molecule has 0 radical (unpaired) electrons. The molecule has 0 heterocycles. The van der Waals surface area contributed by atoms with Crippen LogP contribution < -0.4 is 14.2 Å². The molecular weight excluding hydrogens is 441 g/mol. The first-order valence-corrected chi connectivity index (χ1v) is 10.8. The fourth-order valence-electron chi connectivity index (χ4n) is 2.57. The second kappa shape index (κ2) is 10.2. The minimum absolute atomic E-state index is 0.0663. The fourth-order valence-corrected chi connectivity index (χ4v) is 4.65. The van der Waals surface area contributed by atoms with E-state index in [9.17, 15) is 13.2 Å². The second-order valence-corrected chi connectivity index (χ2v) is 8.37. The molecule has 0 fully saturated rings. The Kier molecular flexibility index (Phi) is 8.15. The molecule has 0 saturated carbocycles. The van der Waals surface area contributed by atoms with Gasteiger partial charge < -0.3 is 14.2 Å². The van der Waals surface area contributed by atoms with Crippen molar-refractivity contribution in [3.05, 3.63) is 52.0 Å². The van der Waals surface area contributed by atoms with Crippen molar-refractivity contribution in [1.29, 1.82) is 0 Å². The van der Waals surface area contributed by atoms with E-state index >= 15 is 0 Å². The quantitative estimate of drug-likeness (QED) is 0.567. The molecule has 7 nitrogen and oxygen atoms in total. The number of hydrogen-bond acceptors (Lipinski definition) is 6. The lowest BCUT2D eigenvalue weighted by Gasteiger charge is -2.20. The number of esters is 1. The largest absolute Gasteiger partial charge is 0.497 e. The number of ether oxygens (including phenoxy) is 3. The zero-order valence-corrected chi connectivity index (χ0v) is 18.4. The number of nitrogens with one attached hydrogen (secondary N) is 1. The number of sulfonamides is 1. The van der Waals surface area contributed by atoms with E-state index < -0.39 is 22.0 Å². The van der Waals surface area contributed by atoms with E-state index in [2.05, 4.69) is 4.72 Å². The number of halogens is 2. The van der Waals surface area contributed by atoms with Crippen molar-refractivity contribution in [1.82, 2.24) is 4.72 Å². The van der Waals surface area contributed by atoms with Crippen molar-refractivity contribution in [2.45, 2.75) is 24.3 Å². The molecule has 0 aliphatic heterocycles. The van der Waals surface area contributed by atoms with Gasteiger partial charge in [-0.05, 0) is 30.7 Å². The zero-order chi connectivity index (χ0) is 21.6. The Labute approximate surface area is 179 Å². The highest BCUT2D eigenvalue weighted by molar-refractivity contribution is 7.89. The van der Waals surface area contributed by atoms with E-state index in [0.29, 0.717) is 11.3 Å². The van der Waals surface area contributed by atoms with Crippen molar-refractivity contribution >= 4 is 39.2 Å². The normalized spacial score (nSPS) is 12.3. The Morgan fingerprint density at radius 3 is 2.28 bits per heavy atom. The molecule has 0 aliphatic rings. The predicted molar refractivity (Wildman–Crippen MR) is 110 cm³/mol. The molecule has 0 aliphatic carbocycles. The smallest absolute Gasteiger partial charge is 0.307 e. The van der Waals surface area contributed by atoms with E-state index in [1.807, 2.05) is 0 Å². The van der Waals surface area contributed by atoms with Gasteiger partial charge >= 0.3 is 5.97 Å². The van der Waals surface area contributed by atoms with Gasteiger partial charge in [0.25, 0.3) is 0 Å². The standard InChI is InChI=1S/C19H21Cl2NO6S/c1-4-28-19(23)11-16(12-5-7-13(26-2)8-6-12)22-29(24,25)18-10-14(20)17(27-3)9-15(18)21/h5-10,16,22H,4,11H2,1-3H3. The average molecular weight is 462 g/mol. The van der Waals surface area contributed by atoms with Crippen molar-refractivity contribution in [2.24, 2.45) is 0 Å². The highest BCUT2D eigenvalue weighted by atomic mass is 35.5. The Morgan fingerprint density at radius 1 is 1.07 bits per heavy atom. The molecule has 0 spiro atoms. The molecule has 1 N–H and O–H groups in total. The van der Waals surface area contributed by atoms with E-state index in [4.69, 9.17) is 37.4 Å². The maximum absolute atomic E-state index is 13.0. The lowest BCUT2D eigenvalue weighted by atomic mass is 10.0. The van der Waals surface area contributed by atoms with Crippen LogP contribution in [0.3, 0.4) is 0 Å². The minimum atomic E-state index is -4.12. The van der Waals surface area contributed by atoms with E-state index in [-0.39, 0.29) is 33.7 Å². The van der Waals surface area contributed by atoms with Crippen LogP contribution in [0.1, 0.15) is 24.9 Å². The highest BCUT2D eigenvalue weighted by Crippen LogP contribution is 2.34. The third kappa shape index (κ3) is 5.99. The van der Waals surface area contributed by atoms with Crippen LogP contribution in [0, 0.1) is 0 Å². The summed E-state index contributed by atoms with van der Waals surface area (Å²) in [6.45, 7) is 1.85. The molecule has 0 saturated heterocycles. The van der Waals surface area contributed by atoms with Crippen LogP contribution in [0.15, 0.2) is 41.3 Å². The van der Waals surface area contributed by atoms with Crippen LogP contribution in [-0.4, -0.2) is 35.2 Å². The van der Waals surface area contributed by atoms with Crippen molar-refractivity contribution in [2.75, 3.05) is 20.8 Å². The van der Waals surface area contributed by atoms with Gasteiger partial charge in [0.2, 0.25) is 10.0 Å². The van der Waals surface area contributed by atoms with Crippen LogP contribution in [0.25, 0.3) is 0 Å². The summed E-state index contributed by atoms with van der Waals surface area (Å²) in [7, 11) is -1.21. The van der Waals surface area contributed by atoms with Gasteiger partial charge in [-0.25, -0.2) is 13.1 Å². The van der Waals surface area contributed by atoms with Crippen LogP contribution in [-0.2, 0) is 19.6 Å². The van der Waals surface area contributed by atoms with Gasteiger partial charge in [0, 0.05) is 6.07 Å². The molecule has 2 aromatic carbocycles. The summed E-state index contributed by atoms with van der Waals surface area (Å²) in [6.07, 6.45) is -0.207. The molecular formula is C19H21Cl2NO6S. The molecule has 2 rings (SSSR count). The summed E-state index contributed by atoms with van der Waals surface area (Å²) in [6, 6.07) is 8.27. The number of benzene rings is 2. The average Bonchev–Trinajstić information content (AvgIpc) is 2.68. The Morgan fingerprint density at radius 2 is 1.72 bits per heavy atom. The molecule has 1 unspecified atom stereocenters. The molecule has 158 valence electrons. The SMILES string of the molecule is CCOC(=O)CC(NS(=O)(=O)c1cc(Cl)c(OC)cc1Cl)c1ccc(OC)cc1. The number of hydrogen-bond donors (Lipinski definition) is 1. The highest BCUT2D eigenvalue weighted by Gasteiger charge is 2.27. The van der Waals surface area contributed by atoms with Crippen molar-refractivity contribution in [3.8, 4) is 11.5 Å². The molecule has 1 atom stereocenters. The van der Waals surface area contributed by atoms with Gasteiger partial charge in [-0.15, -0.1) is 0 Å². The lowest BCUT2D eigenvalue weighted by molar-refractivity contribution is -0.143. The summed E-state index contributed by atoms with van der Waals surface area (Å²) >= 11 is 12.2. The van der Waals surface area contributed by atoms with E-state index in [1.54, 1.807) is 31.2 Å². The first kappa shape index (κ1) is 23.3. The second-order valence-electron chi connectivity index (χ2n) is 5.87. The monoisotopic (exact) mass is 461 g/mol. The van der Waals surface area contributed by atoms with Crippen LogP contribution in [0.2, 0.25) is 10.0 Å². The van der Waals surface area contributed by atoms with Crippen LogP contribution in [0.5, 0.6) is 11.5 Å². The number of carbonyl (C=O) groups excluding carboxylic acids is 1. The molecule has 29 heavy (non-hydrogen) atoms. The Balaban J connectivity index is 2.40. The van der Waals surface area contributed by atoms with Gasteiger partial charge in [0.1, 0.15) is 16.4 Å². The third-order valence-corrected chi connectivity index (χ3v) is 6.22. The number of methoxy groups -OCH3 is 2. The zero-order valence-electron chi connectivity index (χ0n) is 16.1. The topological polar surface area (TPSA) is 90.9 Å². The van der Waals surface area contributed by atoms with Crippen LogP contribution in [0.4, 0.5) is 0 Å². The summed E-state index contributed by atoms with van der Waals surface area (Å²) in [5.41, 5.74) is 0.554. The maximum Gasteiger partial charge on any atom is 0.307 e. The predicted octanol–water partition coefficient (Wildman–Crippen LogP) is 3.98. The van der Waals surface area contributed by atoms with Crippen LogP contribution >= 0.6 is 23.2 Å². The van der Waals surface area contributed by atoms with Gasteiger partial charge in [-0.2, -0.15) is 0 Å². The minimum Gasteiger partial charge on any atom is -0.497 e. The van der Waals surface area contributed by atoms with Crippen molar-refractivity contribution in [3.63, 3.8) is 0 Å². The van der Waals surface area contributed by atoms with Gasteiger partial charge in [-0.1, -0.05) is 35.3 Å².